The molecule has 2 heterocycles. The predicted molar refractivity (Wildman–Crippen MR) is 129 cm³/mol. The van der Waals surface area contributed by atoms with Gasteiger partial charge >= 0.3 is 6.18 Å². The molecule has 1 amide bonds. The summed E-state index contributed by atoms with van der Waals surface area (Å²) in [5, 5.41) is 6.21. The number of nitrogens with one attached hydrogen (secondary N) is 1. The molecule has 35 heavy (non-hydrogen) atoms. The Kier molecular flexibility index (Phi) is 6.85. The fourth-order valence-corrected chi connectivity index (χ4v) is 3.99. The lowest BCUT2D eigenvalue weighted by Crippen LogP contribution is -2.16. The summed E-state index contributed by atoms with van der Waals surface area (Å²) in [6.45, 7) is 0. The number of nitrogens with zero attached hydrogens (tertiary/aromatic N) is 3. The summed E-state index contributed by atoms with van der Waals surface area (Å²) in [5.74, 6) is -0.457. The number of hydrogen-bond acceptors (Lipinski definition) is 5. The highest BCUT2D eigenvalue weighted by Gasteiger charge is 2.37. The molecule has 2 aromatic heterocycles. The fraction of sp³-hybridized carbons (Fsp3) is 0.136. The standard InChI is InChI=1S/C22H14BrCl2F3N4O3/c1-34-15-8-14(16(35-2)7-12(15)24)30-21(33)19-18(25)20-29-13(10-3-5-11(23)6-4-10)9-17(22(26,27)28)32(20)31-19/h3-9H,1-2H3,(H,30,33). The van der Waals surface area contributed by atoms with Gasteiger partial charge in [-0.1, -0.05) is 51.3 Å². The highest BCUT2D eigenvalue weighted by molar-refractivity contribution is 9.10. The van der Waals surface area contributed by atoms with Crippen LogP contribution in [-0.4, -0.2) is 34.7 Å². The Morgan fingerprint density at radius 3 is 2.31 bits per heavy atom. The first-order chi connectivity index (χ1) is 16.5. The summed E-state index contributed by atoms with van der Waals surface area (Å²) in [5.41, 5.74) is -1.37. The van der Waals surface area contributed by atoms with Crippen molar-refractivity contribution in [2.24, 2.45) is 0 Å². The molecular formula is C22H14BrCl2F3N4O3. The molecule has 7 nitrogen and oxygen atoms in total. The van der Waals surface area contributed by atoms with Crippen LogP contribution in [-0.2, 0) is 6.18 Å². The molecule has 13 heteroatoms. The number of alkyl halides is 3. The van der Waals surface area contributed by atoms with E-state index in [1.165, 1.54) is 26.4 Å². The highest BCUT2D eigenvalue weighted by atomic mass is 79.9. The highest BCUT2D eigenvalue weighted by Crippen LogP contribution is 2.37. The second kappa shape index (κ2) is 9.56. The van der Waals surface area contributed by atoms with E-state index in [9.17, 15) is 18.0 Å². The third kappa shape index (κ3) is 4.89. The van der Waals surface area contributed by atoms with Crippen molar-refractivity contribution in [2.45, 2.75) is 6.18 Å². The van der Waals surface area contributed by atoms with Gasteiger partial charge in [0.1, 0.15) is 16.5 Å². The molecule has 2 aromatic carbocycles. The summed E-state index contributed by atoms with van der Waals surface area (Å²) in [6.07, 6.45) is -4.80. The summed E-state index contributed by atoms with van der Waals surface area (Å²) >= 11 is 15.7. The lowest BCUT2D eigenvalue weighted by atomic mass is 10.1. The molecule has 0 unspecified atom stereocenters. The van der Waals surface area contributed by atoms with Gasteiger partial charge in [-0.25, -0.2) is 9.50 Å². The SMILES string of the molecule is COc1cc(NC(=O)c2nn3c(C(F)(F)F)cc(-c4ccc(Br)cc4)nc3c2Cl)c(OC)cc1Cl. The Bertz CT molecular complexity index is 1440. The maximum atomic E-state index is 13.9. The number of amides is 1. The van der Waals surface area contributed by atoms with E-state index in [2.05, 4.69) is 31.3 Å². The average molecular weight is 590 g/mol. The van der Waals surface area contributed by atoms with Crippen LogP contribution in [0, 0.1) is 0 Å². The van der Waals surface area contributed by atoms with E-state index in [1.54, 1.807) is 24.3 Å². The van der Waals surface area contributed by atoms with Gasteiger partial charge in [-0.2, -0.15) is 18.3 Å². The van der Waals surface area contributed by atoms with Crippen LogP contribution in [0.5, 0.6) is 11.5 Å². The van der Waals surface area contributed by atoms with Crippen LogP contribution in [0.2, 0.25) is 10.0 Å². The minimum absolute atomic E-state index is 0.00944. The number of halogens is 6. The second-order valence-electron chi connectivity index (χ2n) is 7.07. The number of aromatic nitrogens is 3. The molecule has 0 saturated heterocycles. The Morgan fingerprint density at radius 1 is 1.06 bits per heavy atom. The summed E-state index contributed by atoms with van der Waals surface area (Å²) in [7, 11) is 2.74. The van der Waals surface area contributed by atoms with Crippen molar-refractivity contribution in [3.8, 4) is 22.8 Å². The average Bonchev–Trinajstić information content (AvgIpc) is 3.15. The molecule has 0 aliphatic heterocycles. The minimum Gasteiger partial charge on any atom is -0.495 e. The number of rotatable bonds is 5. The lowest BCUT2D eigenvalue weighted by molar-refractivity contribution is -0.142. The molecule has 0 saturated carbocycles. The number of carbonyl (C=O) groups is 1. The van der Waals surface area contributed by atoms with Gasteiger partial charge in [-0.15, -0.1) is 0 Å². The van der Waals surface area contributed by atoms with Gasteiger partial charge in [0, 0.05) is 22.2 Å². The number of anilines is 1. The van der Waals surface area contributed by atoms with Crippen LogP contribution in [0.15, 0.2) is 46.9 Å². The van der Waals surface area contributed by atoms with Crippen LogP contribution < -0.4 is 14.8 Å². The maximum Gasteiger partial charge on any atom is 0.433 e. The molecule has 0 atom stereocenters. The topological polar surface area (TPSA) is 77.8 Å². The zero-order valence-corrected chi connectivity index (χ0v) is 21.0. The first-order valence-electron chi connectivity index (χ1n) is 9.68. The number of fused-ring (bicyclic) bond motifs is 1. The summed E-state index contributed by atoms with van der Waals surface area (Å²) in [4.78, 5) is 17.2. The monoisotopic (exact) mass is 588 g/mol. The van der Waals surface area contributed by atoms with E-state index in [1.807, 2.05) is 0 Å². The molecule has 1 N–H and O–H groups in total. The van der Waals surface area contributed by atoms with Crippen molar-refractivity contribution in [1.29, 1.82) is 0 Å². The van der Waals surface area contributed by atoms with E-state index >= 15 is 0 Å². The van der Waals surface area contributed by atoms with Gasteiger partial charge in [-0.3, -0.25) is 4.79 Å². The smallest absolute Gasteiger partial charge is 0.433 e. The molecule has 0 radical (unpaired) electrons. The third-order valence-corrected chi connectivity index (χ3v) is 6.07. The number of hydrogen-bond donors (Lipinski definition) is 1. The molecule has 0 aliphatic rings. The van der Waals surface area contributed by atoms with Crippen LogP contribution in [0.1, 0.15) is 16.2 Å². The molecule has 0 fully saturated rings. The van der Waals surface area contributed by atoms with Gasteiger partial charge < -0.3 is 14.8 Å². The van der Waals surface area contributed by atoms with Crippen molar-refractivity contribution in [3.05, 3.63) is 68.4 Å². The van der Waals surface area contributed by atoms with Crippen LogP contribution in [0.3, 0.4) is 0 Å². The van der Waals surface area contributed by atoms with E-state index in [4.69, 9.17) is 32.7 Å². The van der Waals surface area contributed by atoms with Crippen LogP contribution >= 0.6 is 39.1 Å². The van der Waals surface area contributed by atoms with Crippen molar-refractivity contribution in [1.82, 2.24) is 14.6 Å². The molecule has 0 aliphatic carbocycles. The summed E-state index contributed by atoms with van der Waals surface area (Å²) in [6, 6.07) is 10.2. The Hall–Kier alpha value is -3.02. The van der Waals surface area contributed by atoms with Gasteiger partial charge in [0.15, 0.2) is 17.0 Å². The normalized spacial score (nSPS) is 11.5. The Morgan fingerprint density at radius 2 is 1.71 bits per heavy atom. The van der Waals surface area contributed by atoms with Crippen molar-refractivity contribution in [2.75, 3.05) is 19.5 Å². The molecule has 0 spiro atoms. The van der Waals surface area contributed by atoms with Crippen LogP contribution in [0.25, 0.3) is 16.9 Å². The minimum atomic E-state index is -4.80. The first kappa shape index (κ1) is 25.1. The van der Waals surface area contributed by atoms with E-state index in [0.29, 0.717) is 10.1 Å². The zero-order valence-electron chi connectivity index (χ0n) is 17.9. The molecule has 4 aromatic rings. The molecule has 0 bridgehead atoms. The lowest BCUT2D eigenvalue weighted by Gasteiger charge is -2.12. The van der Waals surface area contributed by atoms with E-state index in [-0.39, 0.29) is 38.6 Å². The summed E-state index contributed by atoms with van der Waals surface area (Å²) < 4.78 is 53.3. The molecular weight excluding hydrogens is 576 g/mol. The third-order valence-electron chi connectivity index (χ3n) is 4.90. The fourth-order valence-electron chi connectivity index (χ4n) is 3.25. The largest absolute Gasteiger partial charge is 0.495 e. The quantitative estimate of drug-likeness (QED) is 0.278. The number of benzene rings is 2. The molecule has 4 rings (SSSR count). The second-order valence-corrected chi connectivity index (χ2v) is 8.77. The van der Waals surface area contributed by atoms with Gasteiger partial charge in [0.2, 0.25) is 0 Å². The van der Waals surface area contributed by atoms with Crippen LogP contribution in [0.4, 0.5) is 18.9 Å². The van der Waals surface area contributed by atoms with Crippen molar-refractivity contribution >= 4 is 56.4 Å². The zero-order chi connectivity index (χ0) is 25.5. The maximum absolute atomic E-state index is 13.9. The number of methoxy groups -OCH3 is 2. The van der Waals surface area contributed by atoms with Gasteiger partial charge in [0.05, 0.1) is 30.6 Å². The van der Waals surface area contributed by atoms with Gasteiger partial charge in [0.25, 0.3) is 5.91 Å². The van der Waals surface area contributed by atoms with Gasteiger partial charge in [-0.05, 0) is 18.2 Å². The van der Waals surface area contributed by atoms with Crippen molar-refractivity contribution in [3.63, 3.8) is 0 Å². The van der Waals surface area contributed by atoms with Crippen molar-refractivity contribution < 1.29 is 27.4 Å². The first-order valence-corrected chi connectivity index (χ1v) is 11.2. The van der Waals surface area contributed by atoms with E-state index in [0.717, 1.165) is 10.5 Å². The number of carbonyl (C=O) groups excluding carboxylic acids is 1. The number of ether oxygens (including phenoxy) is 2. The van der Waals surface area contributed by atoms with E-state index < -0.39 is 23.5 Å². The molecule has 182 valence electrons. The Balaban J connectivity index is 1.83. The Labute approximate surface area is 214 Å². The predicted octanol–water partition coefficient (Wildman–Crippen LogP) is 6.75.